The van der Waals surface area contributed by atoms with E-state index in [4.69, 9.17) is 21.3 Å². The fourth-order valence-electron chi connectivity index (χ4n) is 3.97. The summed E-state index contributed by atoms with van der Waals surface area (Å²) < 4.78 is 46.3. The van der Waals surface area contributed by atoms with E-state index in [1.165, 1.54) is 18.2 Å². The molecule has 2 aliphatic rings. The molecule has 1 aliphatic heterocycles. The lowest BCUT2D eigenvalue weighted by atomic mass is 9.90. The quantitative estimate of drug-likeness (QED) is 0.299. The number of ether oxygens (including phenoxy) is 1. The molecule has 4 rings (SSSR count). The van der Waals surface area contributed by atoms with Crippen LogP contribution in [-0.4, -0.2) is 30.0 Å². The third kappa shape index (κ3) is 5.64. The fourth-order valence-corrected chi connectivity index (χ4v) is 3.97. The van der Waals surface area contributed by atoms with Crippen LogP contribution in [0.5, 0.6) is 5.75 Å². The second-order valence-corrected chi connectivity index (χ2v) is 8.66. The van der Waals surface area contributed by atoms with Gasteiger partial charge in [-0.3, -0.25) is 5.41 Å². The maximum Gasteiger partial charge on any atom is 0.312 e. The number of benzene rings is 1. The highest BCUT2D eigenvalue weighted by Gasteiger charge is 2.25. The first kappa shape index (κ1) is 24.3. The summed E-state index contributed by atoms with van der Waals surface area (Å²) >= 11 is 0. The number of nitrogen functional groups attached to an aromatic ring is 1. The Labute approximate surface area is 201 Å². The number of alkyl halides is 2. The molecule has 2 aromatic rings. The highest BCUT2D eigenvalue weighted by molar-refractivity contribution is 6.12. The average molecular weight is 485 g/mol. The predicted octanol–water partition coefficient (Wildman–Crippen LogP) is 4.77. The minimum atomic E-state index is -2.84. The number of pyridine rings is 1. The highest BCUT2D eigenvalue weighted by Crippen LogP contribution is 2.34. The number of fused-ring (bicyclic) bond motifs is 3. The van der Waals surface area contributed by atoms with E-state index in [2.05, 4.69) is 10.3 Å². The number of hydrogen-bond acceptors (Lipinski definition) is 7. The maximum absolute atomic E-state index is 14.2. The number of halogens is 3. The number of nitrogens with one attached hydrogen (secondary N) is 4. The van der Waals surface area contributed by atoms with Crippen molar-refractivity contribution < 1.29 is 17.9 Å². The second kappa shape index (κ2) is 10.2. The van der Waals surface area contributed by atoms with Crippen LogP contribution in [0.2, 0.25) is 0 Å². The van der Waals surface area contributed by atoms with Gasteiger partial charge in [-0.15, -0.1) is 0 Å². The van der Waals surface area contributed by atoms with Crippen molar-refractivity contribution in [1.29, 1.82) is 10.8 Å². The first-order valence-corrected chi connectivity index (χ1v) is 11.3. The number of hydrogen-bond donors (Lipinski definition) is 5. The lowest BCUT2D eigenvalue weighted by molar-refractivity contribution is 0.125. The molecule has 1 aromatic carbocycles. The number of nitrogens with zero attached hydrogens (tertiary/aromatic N) is 1. The van der Waals surface area contributed by atoms with E-state index in [1.54, 1.807) is 19.2 Å². The molecule has 0 spiro atoms. The maximum atomic E-state index is 14.2. The molecule has 1 saturated carbocycles. The Morgan fingerprint density at radius 2 is 2.06 bits per heavy atom. The lowest BCUT2D eigenvalue weighted by Gasteiger charge is -2.24. The van der Waals surface area contributed by atoms with Gasteiger partial charge in [-0.2, -0.15) is 8.78 Å². The molecule has 1 fully saturated rings. The van der Waals surface area contributed by atoms with Gasteiger partial charge in [-0.1, -0.05) is 0 Å². The third-order valence-corrected chi connectivity index (χ3v) is 6.04. The zero-order valence-corrected chi connectivity index (χ0v) is 19.2. The monoisotopic (exact) mass is 484 g/mol. The van der Waals surface area contributed by atoms with Crippen molar-refractivity contribution in [2.75, 3.05) is 12.3 Å². The Hall–Kier alpha value is -3.82. The lowest BCUT2D eigenvalue weighted by Crippen LogP contribution is -2.22. The second-order valence-electron chi connectivity index (χ2n) is 8.66. The summed E-state index contributed by atoms with van der Waals surface area (Å²) in [5.74, 6) is 0.415. The minimum absolute atomic E-state index is 0.000811. The van der Waals surface area contributed by atoms with Gasteiger partial charge in [0.25, 0.3) is 0 Å². The topological polar surface area (TPSA) is 120 Å². The van der Waals surface area contributed by atoms with Crippen LogP contribution in [-0.2, 0) is 0 Å². The van der Waals surface area contributed by atoms with E-state index < -0.39 is 18.5 Å². The molecule has 1 aliphatic carbocycles. The summed E-state index contributed by atoms with van der Waals surface area (Å²) in [4.78, 5) is 4.25. The SMILES string of the molecule is C[C@H]1Oc2cc(cnc2N)/C(NCC2CC2)=C(/C=N)C/C(=C/NC(F)F)C(=N)c2ccc(F)cc21. The summed E-state index contributed by atoms with van der Waals surface area (Å²) in [7, 11) is 0. The number of anilines is 1. The van der Waals surface area contributed by atoms with Gasteiger partial charge in [-0.25, -0.2) is 9.37 Å². The van der Waals surface area contributed by atoms with Crippen LogP contribution in [0, 0.1) is 22.6 Å². The van der Waals surface area contributed by atoms with Crippen molar-refractivity contribution in [3.8, 4) is 5.75 Å². The summed E-state index contributed by atoms with van der Waals surface area (Å²) in [6.45, 7) is -0.470. The van der Waals surface area contributed by atoms with Crippen molar-refractivity contribution in [3.05, 3.63) is 70.3 Å². The molecule has 2 bridgehead atoms. The average Bonchev–Trinajstić information content (AvgIpc) is 3.65. The third-order valence-electron chi connectivity index (χ3n) is 6.04. The van der Waals surface area contributed by atoms with Gasteiger partial charge < -0.3 is 26.5 Å². The summed E-state index contributed by atoms with van der Waals surface area (Å²) in [6.07, 6.45) is 5.25. The molecule has 1 aromatic heterocycles. The van der Waals surface area contributed by atoms with Crippen LogP contribution >= 0.6 is 0 Å². The first-order chi connectivity index (χ1) is 16.8. The number of rotatable bonds is 6. The smallest absolute Gasteiger partial charge is 0.312 e. The molecule has 6 N–H and O–H groups in total. The van der Waals surface area contributed by atoms with Crippen LogP contribution in [0.15, 0.2) is 47.8 Å². The van der Waals surface area contributed by atoms with Crippen LogP contribution in [0.1, 0.15) is 49.0 Å². The van der Waals surface area contributed by atoms with Gasteiger partial charge in [0.05, 0.1) is 5.71 Å². The predicted molar refractivity (Wildman–Crippen MR) is 129 cm³/mol. The molecule has 0 amide bonds. The van der Waals surface area contributed by atoms with E-state index in [1.807, 2.05) is 5.32 Å². The number of nitrogens with two attached hydrogens (primary N) is 1. The molecule has 1 atom stereocenters. The van der Waals surface area contributed by atoms with Gasteiger partial charge in [0.15, 0.2) is 11.6 Å². The molecule has 10 heteroatoms. The molecule has 35 heavy (non-hydrogen) atoms. The van der Waals surface area contributed by atoms with Crippen molar-refractivity contribution in [3.63, 3.8) is 0 Å². The summed E-state index contributed by atoms with van der Waals surface area (Å²) in [5.41, 5.74) is 8.53. The van der Waals surface area contributed by atoms with Crippen LogP contribution in [0.3, 0.4) is 0 Å². The van der Waals surface area contributed by atoms with Crippen molar-refractivity contribution in [2.24, 2.45) is 5.92 Å². The zero-order valence-electron chi connectivity index (χ0n) is 19.2. The molecule has 0 unspecified atom stereocenters. The molecule has 0 saturated heterocycles. The van der Waals surface area contributed by atoms with Crippen molar-refractivity contribution in [2.45, 2.75) is 38.8 Å². The normalized spacial score (nSPS) is 21.6. The minimum Gasteiger partial charge on any atom is -0.482 e. The Bertz CT molecular complexity index is 1210. The molecule has 0 radical (unpaired) electrons. The Morgan fingerprint density at radius 1 is 1.29 bits per heavy atom. The van der Waals surface area contributed by atoms with Crippen LogP contribution < -0.4 is 21.1 Å². The Morgan fingerprint density at radius 3 is 2.74 bits per heavy atom. The van der Waals surface area contributed by atoms with E-state index in [0.29, 0.717) is 40.4 Å². The van der Waals surface area contributed by atoms with E-state index in [-0.39, 0.29) is 29.3 Å². The fraction of sp³-hybridized carbons (Fsp3) is 0.320. The standard InChI is InChI=1S/C25H27F3N6O/c1-13-20-8-18(26)4-5-19(20)22(30)16(11-34-25(27)28)6-15(9-29)23(32-10-14-2-3-14)17-7-21(35-13)24(31)33-12-17/h4-5,7-9,11-14,25,29-30,32,34H,2-3,6,10H2,1H3,(H2,31,33)/b16-11-,23-15-,29-9?,30-22?/t13-/m1/s1. The van der Waals surface area contributed by atoms with Crippen molar-refractivity contribution in [1.82, 2.24) is 15.6 Å². The highest BCUT2D eigenvalue weighted by atomic mass is 19.3. The Balaban J connectivity index is 1.91. The van der Waals surface area contributed by atoms with Gasteiger partial charge in [0.2, 0.25) is 0 Å². The van der Waals surface area contributed by atoms with Crippen molar-refractivity contribution >= 4 is 23.4 Å². The zero-order chi connectivity index (χ0) is 25.1. The number of aromatic nitrogens is 1. The van der Waals surface area contributed by atoms with Gasteiger partial charge in [0.1, 0.15) is 11.9 Å². The van der Waals surface area contributed by atoms with E-state index in [9.17, 15) is 13.2 Å². The largest absolute Gasteiger partial charge is 0.482 e. The molecule has 2 heterocycles. The summed E-state index contributed by atoms with van der Waals surface area (Å²) in [6, 6.07) is 5.58. The first-order valence-electron chi connectivity index (χ1n) is 11.3. The van der Waals surface area contributed by atoms with E-state index >= 15 is 0 Å². The van der Waals surface area contributed by atoms with Gasteiger partial charge >= 0.3 is 6.55 Å². The summed E-state index contributed by atoms with van der Waals surface area (Å²) in [5, 5.41) is 22.3. The van der Waals surface area contributed by atoms with Gasteiger partial charge in [-0.05, 0) is 61.1 Å². The Kier molecular flexibility index (Phi) is 7.09. The molecule has 184 valence electrons. The van der Waals surface area contributed by atoms with Crippen LogP contribution in [0.4, 0.5) is 19.0 Å². The van der Waals surface area contributed by atoms with Crippen LogP contribution in [0.25, 0.3) is 5.70 Å². The number of allylic oxidation sites excluding steroid dienone is 2. The molecular weight excluding hydrogens is 457 g/mol. The van der Waals surface area contributed by atoms with E-state index in [0.717, 1.165) is 25.3 Å². The van der Waals surface area contributed by atoms with Gasteiger partial charge in [0, 0.05) is 54.0 Å². The molecule has 7 nitrogen and oxygen atoms in total. The molecular formula is C25H27F3N6O.